The number of carbonyl (C=O) groups excluding carboxylic acids is 2. The fourth-order valence-electron chi connectivity index (χ4n) is 5.35. The number of hydrogen-bond donors (Lipinski definition) is 3. The number of piperazine rings is 1. The van der Waals surface area contributed by atoms with Crippen LogP contribution in [0.3, 0.4) is 0 Å². The van der Waals surface area contributed by atoms with E-state index in [0.29, 0.717) is 36.5 Å². The molecular formula is C30H34ClN5O3. The first kappa shape index (κ1) is 27.1. The monoisotopic (exact) mass is 547 g/mol. The van der Waals surface area contributed by atoms with Crippen LogP contribution in [0.25, 0.3) is 10.9 Å². The number of H-pyrrole nitrogens is 1. The number of aromatic nitrogens is 1. The molecular weight excluding hydrogens is 514 g/mol. The first-order chi connectivity index (χ1) is 18.9. The summed E-state index contributed by atoms with van der Waals surface area (Å²) in [4.78, 5) is 37.3. The summed E-state index contributed by atoms with van der Waals surface area (Å²) in [5, 5.41) is 15.2. The molecule has 1 saturated heterocycles. The number of aromatic amines is 1. The average Bonchev–Trinajstić information content (AvgIpc) is 3.31. The minimum absolute atomic E-state index is 0.00254. The molecule has 0 radical (unpaired) electrons. The number of hydrogen-bond acceptors (Lipinski definition) is 6. The van der Waals surface area contributed by atoms with Crippen LogP contribution >= 0.6 is 11.6 Å². The molecule has 1 fully saturated rings. The fourth-order valence-corrected chi connectivity index (χ4v) is 5.62. The first-order valence-electron chi connectivity index (χ1n) is 13.4. The van der Waals surface area contributed by atoms with Gasteiger partial charge in [0.25, 0.3) is 0 Å². The molecule has 1 atom stereocenters. The summed E-state index contributed by atoms with van der Waals surface area (Å²) in [6.45, 7) is 7.04. The van der Waals surface area contributed by atoms with Gasteiger partial charge in [0.1, 0.15) is 5.76 Å². The van der Waals surface area contributed by atoms with Gasteiger partial charge < -0.3 is 15.4 Å². The van der Waals surface area contributed by atoms with Crippen molar-refractivity contribution < 1.29 is 14.7 Å². The molecule has 3 aromatic rings. The molecule has 8 nitrogen and oxygen atoms in total. The van der Waals surface area contributed by atoms with Crippen LogP contribution in [0.4, 0.5) is 5.69 Å². The highest BCUT2D eigenvalue weighted by Gasteiger charge is 2.29. The predicted molar refractivity (Wildman–Crippen MR) is 156 cm³/mol. The molecule has 9 heteroatoms. The topological polar surface area (TPSA) is 101 Å². The minimum Gasteiger partial charge on any atom is -0.511 e. The predicted octanol–water partition coefficient (Wildman–Crippen LogP) is 4.72. The highest BCUT2D eigenvalue weighted by molar-refractivity contribution is 6.35. The third kappa shape index (κ3) is 6.58. The van der Waals surface area contributed by atoms with Gasteiger partial charge in [-0.05, 0) is 36.6 Å². The van der Waals surface area contributed by atoms with Crippen molar-refractivity contribution in [1.29, 1.82) is 0 Å². The number of Topliss-reactive ketones (excluding diaryl/α,β-unsaturated/α-hetero) is 1. The molecule has 204 valence electrons. The molecule has 5 rings (SSSR count). The Balaban J connectivity index is 1.07. The molecule has 1 aliphatic heterocycles. The van der Waals surface area contributed by atoms with Crippen LogP contribution in [0, 0.1) is 6.92 Å². The summed E-state index contributed by atoms with van der Waals surface area (Å²) in [6, 6.07) is 13.7. The van der Waals surface area contributed by atoms with Crippen LogP contribution in [0.5, 0.6) is 0 Å². The lowest BCUT2D eigenvalue weighted by Crippen LogP contribution is -2.49. The van der Waals surface area contributed by atoms with Crippen LogP contribution < -0.4 is 5.32 Å². The van der Waals surface area contributed by atoms with Gasteiger partial charge in [0.15, 0.2) is 5.78 Å². The standard InChI is InChI=1S/C30H34ClN5O3/c1-20-5-7-22(8-6-20)34-29(39)19-36-13-11-35(12-14-36)10-9-32-17-24-27(37)15-21(16-28(24)38)23-3-2-4-26-30(23)25(31)18-33-26/h2-8,17-18,21,33,37H,9-16,19H2,1H3,(H,34,39). The van der Waals surface area contributed by atoms with Gasteiger partial charge in [-0.15, -0.1) is 0 Å². The van der Waals surface area contributed by atoms with E-state index in [1.165, 1.54) is 6.21 Å². The van der Waals surface area contributed by atoms with Crippen molar-refractivity contribution >= 4 is 46.1 Å². The van der Waals surface area contributed by atoms with E-state index in [-0.39, 0.29) is 23.4 Å². The highest BCUT2D eigenvalue weighted by atomic mass is 35.5. The molecule has 1 aliphatic carbocycles. The Morgan fingerprint density at radius 1 is 1.13 bits per heavy atom. The Labute approximate surface area is 233 Å². The number of anilines is 1. The maximum Gasteiger partial charge on any atom is 0.238 e. The Bertz CT molecular complexity index is 1400. The molecule has 2 aliphatic rings. The third-order valence-corrected chi connectivity index (χ3v) is 7.84. The summed E-state index contributed by atoms with van der Waals surface area (Å²) in [6.07, 6.45) is 3.97. The molecule has 0 bridgehead atoms. The van der Waals surface area contributed by atoms with Gasteiger partial charge in [-0.1, -0.05) is 41.4 Å². The second-order valence-corrected chi connectivity index (χ2v) is 10.8. The molecule has 2 aromatic carbocycles. The Morgan fingerprint density at radius 3 is 2.62 bits per heavy atom. The van der Waals surface area contributed by atoms with E-state index in [4.69, 9.17) is 11.6 Å². The zero-order valence-corrected chi connectivity index (χ0v) is 22.9. The van der Waals surface area contributed by atoms with Crippen molar-refractivity contribution in [2.45, 2.75) is 25.7 Å². The zero-order valence-electron chi connectivity index (χ0n) is 22.1. The van der Waals surface area contributed by atoms with E-state index in [1.54, 1.807) is 6.20 Å². The SMILES string of the molecule is Cc1ccc(NC(=O)CN2CCN(CCN=CC3=C(O)CC(c4cccc5[nH]cc(Cl)c45)CC3=O)CC2)cc1. The van der Waals surface area contributed by atoms with E-state index >= 15 is 0 Å². The lowest BCUT2D eigenvalue weighted by Gasteiger charge is -2.33. The number of aliphatic hydroxyl groups excluding tert-OH is 1. The van der Waals surface area contributed by atoms with Crippen molar-refractivity contribution in [3.05, 3.63) is 76.1 Å². The summed E-state index contributed by atoms with van der Waals surface area (Å²) >= 11 is 6.37. The number of nitrogens with zero attached hydrogens (tertiary/aromatic N) is 3. The summed E-state index contributed by atoms with van der Waals surface area (Å²) in [5.41, 5.74) is 4.18. The largest absolute Gasteiger partial charge is 0.511 e. The van der Waals surface area contributed by atoms with Crippen molar-refractivity contribution in [3.8, 4) is 0 Å². The number of aliphatic imine (C=N–C) groups is 1. The summed E-state index contributed by atoms with van der Waals surface area (Å²) < 4.78 is 0. The fraction of sp³-hybridized carbons (Fsp3) is 0.367. The van der Waals surface area contributed by atoms with Gasteiger partial charge >= 0.3 is 0 Å². The molecule has 0 spiro atoms. The van der Waals surface area contributed by atoms with Crippen molar-refractivity contribution in [1.82, 2.24) is 14.8 Å². The molecule has 39 heavy (non-hydrogen) atoms. The second-order valence-electron chi connectivity index (χ2n) is 10.4. The number of carbonyl (C=O) groups is 2. The Morgan fingerprint density at radius 2 is 1.87 bits per heavy atom. The molecule has 2 heterocycles. The van der Waals surface area contributed by atoms with Gasteiger partial charge in [-0.2, -0.15) is 0 Å². The smallest absolute Gasteiger partial charge is 0.238 e. The van der Waals surface area contributed by atoms with Crippen LogP contribution in [-0.4, -0.2) is 83.6 Å². The van der Waals surface area contributed by atoms with Crippen molar-refractivity contribution in [2.24, 2.45) is 4.99 Å². The van der Waals surface area contributed by atoms with Gasteiger partial charge in [0.05, 0.1) is 23.7 Å². The van der Waals surface area contributed by atoms with Crippen LogP contribution in [0.1, 0.15) is 29.9 Å². The van der Waals surface area contributed by atoms with Crippen LogP contribution in [-0.2, 0) is 9.59 Å². The second kappa shape index (κ2) is 12.2. The molecule has 0 saturated carbocycles. The number of aryl methyl sites for hydroxylation is 1. The van der Waals surface area contributed by atoms with E-state index < -0.39 is 0 Å². The van der Waals surface area contributed by atoms with Gasteiger partial charge in [0, 0.05) is 74.6 Å². The molecule has 3 N–H and O–H groups in total. The number of allylic oxidation sites excluding steroid dienone is 2. The van der Waals surface area contributed by atoms with Crippen LogP contribution in [0.15, 0.2) is 65.0 Å². The number of amides is 1. The highest BCUT2D eigenvalue weighted by Crippen LogP contribution is 2.38. The molecule has 1 unspecified atom stereocenters. The van der Waals surface area contributed by atoms with E-state index in [2.05, 4.69) is 25.1 Å². The Hall–Kier alpha value is -3.46. The molecule has 1 amide bonds. The normalized spacial score (nSPS) is 19.3. The van der Waals surface area contributed by atoms with Gasteiger partial charge in [-0.25, -0.2) is 0 Å². The minimum atomic E-state index is -0.123. The number of nitrogens with one attached hydrogen (secondary N) is 2. The van der Waals surface area contributed by atoms with Crippen LogP contribution in [0.2, 0.25) is 5.02 Å². The van der Waals surface area contributed by atoms with Gasteiger partial charge in [-0.3, -0.25) is 24.4 Å². The van der Waals surface area contributed by atoms with Gasteiger partial charge in [0.2, 0.25) is 5.91 Å². The van der Waals surface area contributed by atoms with Crippen molar-refractivity contribution in [3.63, 3.8) is 0 Å². The number of benzene rings is 2. The number of fused-ring (bicyclic) bond motifs is 1. The maximum atomic E-state index is 12.9. The maximum absolute atomic E-state index is 12.9. The lowest BCUT2D eigenvalue weighted by atomic mass is 9.82. The number of rotatable bonds is 8. The number of aliphatic hydroxyl groups is 1. The van der Waals surface area contributed by atoms with E-state index in [0.717, 1.165) is 60.4 Å². The summed E-state index contributed by atoms with van der Waals surface area (Å²) in [7, 11) is 0. The quantitative estimate of drug-likeness (QED) is 0.354. The zero-order chi connectivity index (χ0) is 27.4. The third-order valence-electron chi connectivity index (χ3n) is 7.55. The Kier molecular flexibility index (Phi) is 8.45. The molecule has 1 aromatic heterocycles. The first-order valence-corrected chi connectivity index (χ1v) is 13.8. The van der Waals surface area contributed by atoms with E-state index in [9.17, 15) is 14.7 Å². The van der Waals surface area contributed by atoms with E-state index in [1.807, 2.05) is 49.4 Å². The lowest BCUT2D eigenvalue weighted by molar-refractivity contribution is -0.118. The average molecular weight is 548 g/mol. The summed E-state index contributed by atoms with van der Waals surface area (Å²) in [5.74, 6) is -0.144. The number of halogens is 1. The van der Waals surface area contributed by atoms with Crippen molar-refractivity contribution in [2.75, 3.05) is 51.1 Å². The number of ketones is 1.